The second kappa shape index (κ2) is 6.12. The Labute approximate surface area is 123 Å². The highest BCUT2D eigenvalue weighted by molar-refractivity contribution is 7.13. The highest BCUT2D eigenvalue weighted by Gasteiger charge is 2.39. The Balaban J connectivity index is 1.44. The molecule has 3 rings (SSSR count). The lowest BCUT2D eigenvalue weighted by Crippen LogP contribution is -2.20. The van der Waals surface area contributed by atoms with Crippen molar-refractivity contribution in [1.82, 2.24) is 4.98 Å². The number of methoxy groups -OCH3 is 1. The van der Waals surface area contributed by atoms with Crippen LogP contribution in [-0.2, 0) is 16.0 Å². The molecule has 1 aromatic heterocycles. The van der Waals surface area contributed by atoms with Crippen molar-refractivity contribution in [3.05, 3.63) is 11.1 Å². The predicted octanol–water partition coefficient (Wildman–Crippen LogP) is 3.10. The molecular weight excluding hydrogens is 272 g/mol. The van der Waals surface area contributed by atoms with Gasteiger partial charge in [0, 0.05) is 18.3 Å². The summed E-state index contributed by atoms with van der Waals surface area (Å²) >= 11 is 1.64. The summed E-state index contributed by atoms with van der Waals surface area (Å²) in [5, 5.41) is 6.51. The van der Waals surface area contributed by atoms with Crippen molar-refractivity contribution >= 4 is 22.4 Å². The van der Waals surface area contributed by atoms with Gasteiger partial charge in [-0.3, -0.25) is 4.79 Å². The summed E-state index contributed by atoms with van der Waals surface area (Å²) in [5.41, 5.74) is 0.982. The Bertz CT molecular complexity index is 474. The van der Waals surface area contributed by atoms with E-state index in [9.17, 15) is 4.79 Å². The fourth-order valence-electron chi connectivity index (χ4n) is 3.68. The molecule has 0 spiro atoms. The average Bonchev–Trinajstić information content (AvgIpc) is 3.18. The number of nitrogens with one attached hydrogen (secondary N) is 1. The number of hydrogen-bond donors (Lipinski definition) is 1. The smallest absolute Gasteiger partial charge is 0.305 e. The molecule has 0 aliphatic heterocycles. The minimum atomic E-state index is -0.172. The van der Waals surface area contributed by atoms with E-state index in [-0.39, 0.29) is 5.97 Å². The van der Waals surface area contributed by atoms with E-state index in [4.69, 9.17) is 0 Å². The first-order valence-corrected chi connectivity index (χ1v) is 8.37. The van der Waals surface area contributed by atoms with Gasteiger partial charge >= 0.3 is 5.97 Å². The van der Waals surface area contributed by atoms with Gasteiger partial charge in [0.2, 0.25) is 0 Å². The van der Waals surface area contributed by atoms with Crippen LogP contribution in [0, 0.1) is 17.8 Å². The van der Waals surface area contributed by atoms with Crippen molar-refractivity contribution in [2.45, 2.75) is 38.5 Å². The number of carbonyl (C=O) groups is 1. The van der Waals surface area contributed by atoms with E-state index in [1.54, 1.807) is 11.3 Å². The van der Waals surface area contributed by atoms with Crippen molar-refractivity contribution in [3.63, 3.8) is 0 Å². The van der Waals surface area contributed by atoms with Gasteiger partial charge in [-0.15, -0.1) is 11.3 Å². The number of esters is 1. The molecule has 20 heavy (non-hydrogen) atoms. The summed E-state index contributed by atoms with van der Waals surface area (Å²) in [7, 11) is 1.42. The zero-order valence-electron chi connectivity index (χ0n) is 11.9. The minimum absolute atomic E-state index is 0.172. The van der Waals surface area contributed by atoms with Crippen LogP contribution >= 0.6 is 11.3 Å². The lowest BCUT2D eigenvalue weighted by atomic mass is 9.89. The van der Waals surface area contributed by atoms with Gasteiger partial charge in [0.25, 0.3) is 0 Å². The number of aromatic nitrogens is 1. The number of aryl methyl sites for hydroxylation is 1. The standard InChI is InChI=1S/C15H22N2O2S/c1-19-14(18)5-4-13-9-20-15(17-13)16-8-12-7-10-2-3-11(12)6-10/h9-12H,2-8H2,1H3,(H,16,17). The lowest BCUT2D eigenvalue weighted by Gasteiger charge is -2.21. The Morgan fingerprint density at radius 1 is 1.50 bits per heavy atom. The van der Waals surface area contributed by atoms with Crippen LogP contribution in [0.5, 0.6) is 0 Å². The molecule has 0 aromatic carbocycles. The highest BCUT2D eigenvalue weighted by atomic mass is 32.1. The van der Waals surface area contributed by atoms with Crippen molar-refractivity contribution in [2.24, 2.45) is 17.8 Å². The van der Waals surface area contributed by atoms with Crippen LogP contribution in [0.25, 0.3) is 0 Å². The molecule has 2 bridgehead atoms. The van der Waals surface area contributed by atoms with Gasteiger partial charge in [0.05, 0.1) is 19.2 Å². The number of anilines is 1. The zero-order chi connectivity index (χ0) is 13.9. The molecule has 2 aliphatic rings. The van der Waals surface area contributed by atoms with Crippen LogP contribution in [0.1, 0.15) is 37.8 Å². The molecule has 2 aliphatic carbocycles. The third-order valence-electron chi connectivity index (χ3n) is 4.76. The first-order chi connectivity index (χ1) is 9.74. The predicted molar refractivity (Wildman–Crippen MR) is 79.9 cm³/mol. The monoisotopic (exact) mass is 294 g/mol. The molecule has 110 valence electrons. The fraction of sp³-hybridized carbons (Fsp3) is 0.733. The molecule has 2 saturated carbocycles. The van der Waals surface area contributed by atoms with Crippen LogP contribution < -0.4 is 5.32 Å². The number of carbonyl (C=O) groups excluding carboxylic acids is 1. The summed E-state index contributed by atoms with van der Waals surface area (Å²) in [5.74, 6) is 2.62. The minimum Gasteiger partial charge on any atom is -0.469 e. The quantitative estimate of drug-likeness (QED) is 0.819. The van der Waals surface area contributed by atoms with Gasteiger partial charge in [-0.1, -0.05) is 6.42 Å². The van der Waals surface area contributed by atoms with Crippen molar-refractivity contribution in [3.8, 4) is 0 Å². The van der Waals surface area contributed by atoms with E-state index in [0.29, 0.717) is 12.8 Å². The number of rotatable bonds is 6. The van der Waals surface area contributed by atoms with Crippen molar-refractivity contribution in [2.75, 3.05) is 19.0 Å². The van der Waals surface area contributed by atoms with Gasteiger partial charge in [0.15, 0.2) is 5.13 Å². The summed E-state index contributed by atoms with van der Waals surface area (Å²) in [6, 6.07) is 0. The molecular formula is C15H22N2O2S. The molecule has 5 heteroatoms. The van der Waals surface area contributed by atoms with E-state index in [2.05, 4.69) is 15.0 Å². The Morgan fingerprint density at radius 2 is 2.40 bits per heavy atom. The van der Waals surface area contributed by atoms with Gasteiger partial charge < -0.3 is 10.1 Å². The molecule has 3 atom stereocenters. The number of thiazole rings is 1. The largest absolute Gasteiger partial charge is 0.469 e. The first-order valence-electron chi connectivity index (χ1n) is 7.49. The molecule has 4 nitrogen and oxygen atoms in total. The van der Waals surface area contributed by atoms with E-state index in [1.807, 2.05) is 5.38 Å². The summed E-state index contributed by atoms with van der Waals surface area (Å²) in [4.78, 5) is 15.6. The van der Waals surface area contributed by atoms with Gasteiger partial charge in [0.1, 0.15) is 0 Å². The maximum absolute atomic E-state index is 11.1. The molecule has 0 radical (unpaired) electrons. The number of nitrogens with zero attached hydrogens (tertiary/aromatic N) is 1. The van der Waals surface area contributed by atoms with Gasteiger partial charge in [-0.2, -0.15) is 0 Å². The van der Waals surface area contributed by atoms with Crippen LogP contribution in [0.15, 0.2) is 5.38 Å². The third kappa shape index (κ3) is 3.14. The third-order valence-corrected chi connectivity index (χ3v) is 5.61. The average molecular weight is 294 g/mol. The van der Waals surface area contributed by atoms with Crippen LogP contribution in [0.3, 0.4) is 0 Å². The zero-order valence-corrected chi connectivity index (χ0v) is 12.7. The second-order valence-electron chi connectivity index (χ2n) is 6.04. The maximum atomic E-state index is 11.1. The normalized spacial score (nSPS) is 27.8. The molecule has 0 saturated heterocycles. The van der Waals surface area contributed by atoms with Crippen molar-refractivity contribution < 1.29 is 9.53 Å². The fourth-order valence-corrected chi connectivity index (χ4v) is 4.43. The summed E-state index contributed by atoms with van der Waals surface area (Å²) in [6.45, 7) is 1.06. The molecule has 1 aromatic rings. The number of hydrogen-bond acceptors (Lipinski definition) is 5. The van der Waals surface area contributed by atoms with Gasteiger partial charge in [-0.25, -0.2) is 4.98 Å². The molecule has 3 unspecified atom stereocenters. The van der Waals surface area contributed by atoms with Gasteiger partial charge in [-0.05, 0) is 37.0 Å². The highest BCUT2D eigenvalue weighted by Crippen LogP contribution is 2.48. The van der Waals surface area contributed by atoms with E-state index >= 15 is 0 Å². The lowest BCUT2D eigenvalue weighted by molar-refractivity contribution is -0.140. The Morgan fingerprint density at radius 3 is 3.10 bits per heavy atom. The Hall–Kier alpha value is -1.10. The van der Waals surface area contributed by atoms with E-state index < -0.39 is 0 Å². The van der Waals surface area contributed by atoms with Crippen LogP contribution in [0.2, 0.25) is 0 Å². The summed E-state index contributed by atoms with van der Waals surface area (Å²) in [6.07, 6.45) is 6.81. The summed E-state index contributed by atoms with van der Waals surface area (Å²) < 4.78 is 4.64. The SMILES string of the molecule is COC(=O)CCc1csc(NCC2CC3CCC2C3)n1. The molecule has 1 heterocycles. The van der Waals surface area contributed by atoms with Crippen molar-refractivity contribution in [1.29, 1.82) is 0 Å². The van der Waals surface area contributed by atoms with E-state index in [0.717, 1.165) is 35.1 Å². The first kappa shape index (κ1) is 13.9. The molecule has 1 N–H and O–H groups in total. The number of fused-ring (bicyclic) bond motifs is 2. The van der Waals surface area contributed by atoms with E-state index in [1.165, 1.54) is 32.8 Å². The molecule has 0 amide bonds. The van der Waals surface area contributed by atoms with Crippen LogP contribution in [0.4, 0.5) is 5.13 Å². The maximum Gasteiger partial charge on any atom is 0.305 e. The molecule has 2 fully saturated rings. The topological polar surface area (TPSA) is 51.2 Å². The second-order valence-corrected chi connectivity index (χ2v) is 6.89. The Kier molecular flexibility index (Phi) is 4.24. The number of ether oxygens (including phenoxy) is 1. The van der Waals surface area contributed by atoms with Crippen LogP contribution in [-0.4, -0.2) is 24.6 Å².